The standard InChI is InChI=1S/C20H20ClN3O5/c1-12(29-16-10-6-14(21)7-11-16)17(25)23-24-18(26)20(2,22-19(24)27)13-4-8-15(28-3)9-5-13/h4-12H,1-3H3,(H,22,27)(H,23,25)/t12-,20-/m0/s1. The third-order valence-electron chi connectivity index (χ3n) is 4.58. The van der Waals surface area contributed by atoms with Gasteiger partial charge in [-0.15, -0.1) is 0 Å². The zero-order valence-electron chi connectivity index (χ0n) is 16.1. The minimum absolute atomic E-state index is 0.428. The normalized spacial score (nSPS) is 19.5. The summed E-state index contributed by atoms with van der Waals surface area (Å²) >= 11 is 5.82. The summed E-state index contributed by atoms with van der Waals surface area (Å²) in [6.45, 7) is 3.07. The Bertz CT molecular complexity index is 932. The summed E-state index contributed by atoms with van der Waals surface area (Å²) in [6.07, 6.45) is -0.954. The van der Waals surface area contributed by atoms with Crippen molar-refractivity contribution in [3.05, 3.63) is 59.1 Å². The molecule has 1 saturated heterocycles. The van der Waals surface area contributed by atoms with E-state index in [-0.39, 0.29) is 0 Å². The molecule has 0 spiro atoms. The van der Waals surface area contributed by atoms with Gasteiger partial charge in [-0.2, -0.15) is 5.01 Å². The Morgan fingerprint density at radius 2 is 1.69 bits per heavy atom. The Kier molecular flexibility index (Phi) is 5.65. The molecule has 4 amide bonds. The SMILES string of the molecule is COc1ccc([C@]2(C)NC(=O)N(NC(=O)[C@H](C)Oc3ccc(Cl)cc3)C2=O)cc1. The summed E-state index contributed by atoms with van der Waals surface area (Å²) in [7, 11) is 1.53. The van der Waals surface area contributed by atoms with Gasteiger partial charge in [-0.25, -0.2) is 4.79 Å². The van der Waals surface area contributed by atoms with E-state index in [4.69, 9.17) is 21.1 Å². The number of ether oxygens (including phenoxy) is 2. The van der Waals surface area contributed by atoms with Crippen LogP contribution in [0.5, 0.6) is 11.5 Å². The molecule has 29 heavy (non-hydrogen) atoms. The zero-order valence-corrected chi connectivity index (χ0v) is 16.8. The number of halogens is 1. The first kappa shape index (κ1) is 20.5. The quantitative estimate of drug-likeness (QED) is 0.704. The average molecular weight is 418 g/mol. The zero-order chi connectivity index (χ0) is 21.2. The first-order valence-corrected chi connectivity index (χ1v) is 9.16. The van der Waals surface area contributed by atoms with Gasteiger partial charge in [0.25, 0.3) is 11.8 Å². The molecule has 0 bridgehead atoms. The molecule has 1 aliphatic heterocycles. The third kappa shape index (κ3) is 4.12. The summed E-state index contributed by atoms with van der Waals surface area (Å²) in [5.74, 6) is -0.216. The molecule has 0 unspecified atom stereocenters. The molecule has 8 nitrogen and oxygen atoms in total. The van der Waals surface area contributed by atoms with Crippen LogP contribution in [0, 0.1) is 0 Å². The Labute approximate surface area is 172 Å². The maximum Gasteiger partial charge on any atom is 0.344 e. The number of carbonyl (C=O) groups is 3. The van der Waals surface area contributed by atoms with E-state index in [0.717, 1.165) is 0 Å². The molecular formula is C20H20ClN3O5. The Hall–Kier alpha value is -3.26. The number of benzene rings is 2. The molecular weight excluding hydrogens is 398 g/mol. The van der Waals surface area contributed by atoms with Crippen LogP contribution < -0.4 is 20.2 Å². The van der Waals surface area contributed by atoms with E-state index in [1.54, 1.807) is 55.5 Å². The summed E-state index contributed by atoms with van der Waals surface area (Å²) in [5, 5.41) is 3.81. The van der Waals surface area contributed by atoms with Crippen molar-refractivity contribution in [3.63, 3.8) is 0 Å². The first-order chi connectivity index (χ1) is 13.7. The summed E-state index contributed by atoms with van der Waals surface area (Å²) in [5.41, 5.74) is 1.55. The van der Waals surface area contributed by atoms with Crippen LogP contribution in [0.3, 0.4) is 0 Å². The van der Waals surface area contributed by atoms with Crippen molar-refractivity contribution in [1.29, 1.82) is 0 Å². The molecule has 2 N–H and O–H groups in total. The fraction of sp³-hybridized carbons (Fsp3) is 0.250. The van der Waals surface area contributed by atoms with Gasteiger partial charge in [0.15, 0.2) is 6.10 Å². The van der Waals surface area contributed by atoms with Gasteiger partial charge >= 0.3 is 6.03 Å². The highest BCUT2D eigenvalue weighted by Crippen LogP contribution is 2.29. The van der Waals surface area contributed by atoms with Gasteiger partial charge < -0.3 is 14.8 Å². The van der Waals surface area contributed by atoms with Crippen molar-refractivity contribution < 1.29 is 23.9 Å². The number of nitrogens with zero attached hydrogens (tertiary/aromatic N) is 1. The maximum absolute atomic E-state index is 12.9. The minimum atomic E-state index is -1.32. The second kappa shape index (κ2) is 8.00. The van der Waals surface area contributed by atoms with Crippen LogP contribution in [-0.2, 0) is 15.1 Å². The molecule has 3 rings (SSSR count). The van der Waals surface area contributed by atoms with E-state index in [0.29, 0.717) is 27.1 Å². The molecule has 0 radical (unpaired) electrons. The van der Waals surface area contributed by atoms with Crippen molar-refractivity contribution in [1.82, 2.24) is 15.8 Å². The number of amides is 4. The molecule has 152 valence electrons. The lowest BCUT2D eigenvalue weighted by atomic mass is 9.92. The number of hydrogen-bond acceptors (Lipinski definition) is 5. The second-order valence-corrected chi connectivity index (χ2v) is 7.05. The molecule has 0 aliphatic carbocycles. The number of methoxy groups -OCH3 is 1. The highest BCUT2D eigenvalue weighted by molar-refractivity contribution is 6.30. The Balaban J connectivity index is 1.70. The van der Waals surface area contributed by atoms with Crippen molar-refractivity contribution >= 4 is 29.4 Å². The topological polar surface area (TPSA) is 97.0 Å². The van der Waals surface area contributed by atoms with Gasteiger partial charge in [0.05, 0.1) is 7.11 Å². The predicted molar refractivity (Wildman–Crippen MR) is 105 cm³/mol. The van der Waals surface area contributed by atoms with Crippen molar-refractivity contribution in [2.24, 2.45) is 0 Å². The minimum Gasteiger partial charge on any atom is -0.497 e. The molecule has 0 saturated carbocycles. The van der Waals surface area contributed by atoms with E-state index in [9.17, 15) is 14.4 Å². The van der Waals surface area contributed by atoms with Crippen LogP contribution >= 0.6 is 11.6 Å². The smallest absolute Gasteiger partial charge is 0.344 e. The lowest BCUT2D eigenvalue weighted by Crippen LogP contribution is -2.51. The maximum atomic E-state index is 12.9. The average Bonchev–Trinajstić information content (AvgIpc) is 2.93. The van der Waals surface area contributed by atoms with Crippen LogP contribution in [0.25, 0.3) is 0 Å². The van der Waals surface area contributed by atoms with Crippen molar-refractivity contribution in [2.75, 3.05) is 7.11 Å². The number of urea groups is 1. The van der Waals surface area contributed by atoms with Gasteiger partial charge in [0.1, 0.15) is 17.0 Å². The molecule has 1 aliphatic rings. The lowest BCUT2D eigenvalue weighted by Gasteiger charge is -2.23. The van der Waals surface area contributed by atoms with E-state index in [1.165, 1.54) is 14.0 Å². The van der Waals surface area contributed by atoms with E-state index in [2.05, 4.69) is 10.7 Å². The van der Waals surface area contributed by atoms with E-state index >= 15 is 0 Å². The lowest BCUT2D eigenvalue weighted by molar-refractivity contribution is -0.141. The number of nitrogens with one attached hydrogen (secondary N) is 2. The molecule has 2 atom stereocenters. The van der Waals surface area contributed by atoms with Gasteiger partial charge in [-0.3, -0.25) is 15.0 Å². The fourth-order valence-electron chi connectivity index (χ4n) is 2.83. The third-order valence-corrected chi connectivity index (χ3v) is 4.83. The van der Waals surface area contributed by atoms with Crippen LogP contribution in [0.1, 0.15) is 19.4 Å². The largest absolute Gasteiger partial charge is 0.497 e. The second-order valence-electron chi connectivity index (χ2n) is 6.61. The molecule has 1 fully saturated rings. The van der Waals surface area contributed by atoms with E-state index < -0.39 is 29.5 Å². The predicted octanol–water partition coefficient (Wildman–Crippen LogP) is 2.61. The molecule has 2 aromatic carbocycles. The monoisotopic (exact) mass is 417 g/mol. The molecule has 1 heterocycles. The summed E-state index contributed by atoms with van der Waals surface area (Å²) in [6, 6.07) is 12.5. The number of rotatable bonds is 6. The van der Waals surface area contributed by atoms with Gasteiger partial charge in [0.2, 0.25) is 0 Å². The highest BCUT2D eigenvalue weighted by Gasteiger charge is 2.50. The van der Waals surface area contributed by atoms with Gasteiger partial charge in [-0.05, 0) is 55.8 Å². The number of hydrogen-bond donors (Lipinski definition) is 2. The van der Waals surface area contributed by atoms with Crippen LogP contribution in [0.15, 0.2) is 48.5 Å². The first-order valence-electron chi connectivity index (χ1n) is 8.78. The van der Waals surface area contributed by atoms with Crippen LogP contribution in [-0.4, -0.2) is 36.1 Å². The number of carbonyl (C=O) groups excluding carboxylic acids is 3. The highest BCUT2D eigenvalue weighted by atomic mass is 35.5. The number of imide groups is 1. The number of hydrazine groups is 1. The molecule has 0 aromatic heterocycles. The Morgan fingerprint density at radius 3 is 2.28 bits per heavy atom. The van der Waals surface area contributed by atoms with Crippen LogP contribution in [0.4, 0.5) is 4.79 Å². The molecule has 9 heteroatoms. The van der Waals surface area contributed by atoms with E-state index in [1.807, 2.05) is 0 Å². The summed E-state index contributed by atoms with van der Waals surface area (Å²) < 4.78 is 10.6. The summed E-state index contributed by atoms with van der Waals surface area (Å²) in [4.78, 5) is 37.7. The van der Waals surface area contributed by atoms with Gasteiger partial charge in [0, 0.05) is 5.02 Å². The fourth-order valence-corrected chi connectivity index (χ4v) is 2.96. The van der Waals surface area contributed by atoms with Crippen molar-refractivity contribution in [3.8, 4) is 11.5 Å². The molecule has 2 aromatic rings. The van der Waals surface area contributed by atoms with Crippen LogP contribution in [0.2, 0.25) is 5.02 Å². The van der Waals surface area contributed by atoms with Crippen molar-refractivity contribution in [2.45, 2.75) is 25.5 Å². The Morgan fingerprint density at radius 1 is 1.10 bits per heavy atom. The van der Waals surface area contributed by atoms with Gasteiger partial charge in [-0.1, -0.05) is 23.7 Å².